The van der Waals surface area contributed by atoms with Crippen LogP contribution in [0.4, 0.5) is 42.9 Å². The van der Waals surface area contributed by atoms with Crippen molar-refractivity contribution in [2.75, 3.05) is 9.80 Å². The lowest BCUT2D eigenvalue weighted by Gasteiger charge is -2.33. The van der Waals surface area contributed by atoms with Gasteiger partial charge in [-0.05, 0) is 172 Å². The van der Waals surface area contributed by atoms with E-state index in [1.807, 2.05) is 24.3 Å². The molecule has 0 fully saturated rings. The molecular weight excluding hydrogens is 1000 g/mol. The molecule has 382 valence electrons. The van der Waals surface area contributed by atoms with Gasteiger partial charge in [-0.15, -0.1) is 0 Å². The lowest BCUT2D eigenvalue weighted by Crippen LogP contribution is -2.26. The monoisotopic (exact) mass is 1050 g/mol. The average Bonchev–Trinajstić information content (AvgIpc) is 1.75. The standard InChI is InChI=1S/C78H46F2N2/c79-49-35-39-51(40-36-49)81(71-29-13-27-67-75(71)57-19-5-11-25-65(57)77(67)61-21-7-1-15-53(61)54-16-2-8-22-62(54)77)69-45-33-47-32-44-60-70(46-34-48-31-43-59(69)73(47)74(48)60)82(52-41-37-50(80)38-42-52)72-30-14-28-68-76(72)58-20-6-12-26-66(58)78(68)63-23-9-3-17-55(63)56-18-4-10-24-64(56)78/h1-46H. The van der Waals surface area contributed by atoms with Crippen LogP contribution in [0.3, 0.4) is 0 Å². The number of benzene rings is 14. The molecule has 0 unspecified atom stereocenters. The van der Waals surface area contributed by atoms with Crippen LogP contribution in [0.1, 0.15) is 44.5 Å². The van der Waals surface area contributed by atoms with Crippen molar-refractivity contribution < 1.29 is 8.78 Å². The Morgan fingerprint density at radius 3 is 0.878 bits per heavy atom. The molecule has 0 bridgehead atoms. The molecule has 18 rings (SSSR count). The topological polar surface area (TPSA) is 6.48 Å². The lowest BCUT2D eigenvalue weighted by molar-refractivity contribution is 0.627. The third kappa shape index (κ3) is 5.70. The smallest absolute Gasteiger partial charge is 0.123 e. The van der Waals surface area contributed by atoms with E-state index in [-0.39, 0.29) is 11.6 Å². The van der Waals surface area contributed by atoms with Crippen LogP contribution in [-0.4, -0.2) is 0 Å². The maximum Gasteiger partial charge on any atom is 0.123 e. The van der Waals surface area contributed by atoms with Crippen LogP contribution in [0, 0.1) is 11.6 Å². The van der Waals surface area contributed by atoms with Gasteiger partial charge in [0.1, 0.15) is 11.6 Å². The second kappa shape index (κ2) is 16.6. The number of hydrogen-bond donors (Lipinski definition) is 0. The maximum absolute atomic E-state index is 15.2. The van der Waals surface area contributed by atoms with Gasteiger partial charge in [0.25, 0.3) is 0 Å². The van der Waals surface area contributed by atoms with Crippen molar-refractivity contribution in [3.63, 3.8) is 0 Å². The maximum atomic E-state index is 15.2. The van der Waals surface area contributed by atoms with E-state index in [4.69, 9.17) is 0 Å². The van der Waals surface area contributed by atoms with Gasteiger partial charge < -0.3 is 9.80 Å². The molecule has 0 radical (unpaired) electrons. The van der Waals surface area contributed by atoms with Crippen LogP contribution in [0.5, 0.6) is 0 Å². The molecule has 14 aromatic rings. The zero-order valence-electron chi connectivity index (χ0n) is 44.2. The van der Waals surface area contributed by atoms with Crippen LogP contribution in [0.2, 0.25) is 0 Å². The molecular formula is C78H46F2N2. The predicted octanol–water partition coefficient (Wildman–Crippen LogP) is 20.5. The fraction of sp³-hybridized carbons (Fsp3) is 0.0256. The highest BCUT2D eigenvalue weighted by Crippen LogP contribution is 2.67. The second-order valence-electron chi connectivity index (χ2n) is 22.4. The summed E-state index contributed by atoms with van der Waals surface area (Å²) in [7, 11) is 0. The fourth-order valence-electron chi connectivity index (χ4n) is 15.8. The van der Waals surface area contributed by atoms with Crippen LogP contribution < -0.4 is 9.80 Å². The van der Waals surface area contributed by atoms with Gasteiger partial charge in [0, 0.05) is 33.3 Å². The molecule has 0 N–H and O–H groups in total. The van der Waals surface area contributed by atoms with Gasteiger partial charge in [0.15, 0.2) is 0 Å². The molecule has 0 saturated carbocycles. The van der Waals surface area contributed by atoms with Gasteiger partial charge in [-0.3, -0.25) is 0 Å². The van der Waals surface area contributed by atoms with E-state index in [0.29, 0.717) is 0 Å². The summed E-state index contributed by atoms with van der Waals surface area (Å²) < 4.78 is 30.5. The minimum atomic E-state index is -0.549. The first-order valence-electron chi connectivity index (χ1n) is 28.2. The predicted molar refractivity (Wildman–Crippen MR) is 332 cm³/mol. The molecule has 2 spiro atoms. The Labute approximate surface area is 473 Å². The van der Waals surface area contributed by atoms with E-state index in [0.717, 1.165) is 77.6 Å². The third-order valence-corrected chi connectivity index (χ3v) is 18.8. The summed E-state index contributed by atoms with van der Waals surface area (Å²) in [5.74, 6) is -0.584. The molecule has 4 aliphatic rings. The number of halogens is 2. The van der Waals surface area contributed by atoms with Crippen LogP contribution in [0.25, 0.3) is 76.8 Å². The molecule has 0 saturated heterocycles. The first-order chi connectivity index (χ1) is 40.5. The van der Waals surface area contributed by atoms with Crippen LogP contribution in [0.15, 0.2) is 279 Å². The van der Waals surface area contributed by atoms with Crippen molar-refractivity contribution in [2.45, 2.75) is 10.8 Å². The molecule has 0 heterocycles. The van der Waals surface area contributed by atoms with E-state index in [1.54, 1.807) is 24.3 Å². The zero-order chi connectivity index (χ0) is 54.0. The normalized spacial score (nSPS) is 13.9. The van der Waals surface area contributed by atoms with Crippen LogP contribution in [-0.2, 0) is 10.8 Å². The van der Waals surface area contributed by atoms with Gasteiger partial charge >= 0.3 is 0 Å². The summed E-state index contributed by atoms with van der Waals surface area (Å²) in [6.45, 7) is 0. The first-order valence-corrected chi connectivity index (χ1v) is 28.2. The molecule has 4 aliphatic carbocycles. The number of rotatable bonds is 6. The third-order valence-electron chi connectivity index (χ3n) is 18.8. The van der Waals surface area contributed by atoms with E-state index >= 15 is 8.78 Å². The number of nitrogens with zero attached hydrogens (tertiary/aromatic N) is 2. The SMILES string of the molecule is Fc1ccc(N(c2cccc3c2-c2ccccc2C32c3ccccc3-c3ccccc32)c2ccc3ccc4c(N(c5ccc(F)cc5)c5cccc6c5-c5ccccc5C65c6ccccc6-c6ccccc65)ccc5ccc2c3c54)cc1. The minimum Gasteiger partial charge on any atom is -0.309 e. The summed E-state index contributed by atoms with van der Waals surface area (Å²) in [5, 5.41) is 6.61. The van der Waals surface area contributed by atoms with Crippen molar-refractivity contribution in [1.29, 1.82) is 0 Å². The summed E-state index contributed by atoms with van der Waals surface area (Å²) in [6.07, 6.45) is 0. The van der Waals surface area contributed by atoms with Crippen LogP contribution >= 0.6 is 0 Å². The van der Waals surface area contributed by atoms with Gasteiger partial charge in [-0.25, -0.2) is 8.78 Å². The van der Waals surface area contributed by atoms with E-state index in [9.17, 15) is 0 Å². The van der Waals surface area contributed by atoms with Crippen molar-refractivity contribution in [2.24, 2.45) is 0 Å². The quantitative estimate of drug-likeness (QED) is 0.153. The number of fused-ring (bicyclic) bond motifs is 20. The Morgan fingerprint density at radius 2 is 0.524 bits per heavy atom. The van der Waals surface area contributed by atoms with Gasteiger partial charge in [-0.2, -0.15) is 0 Å². The molecule has 0 amide bonds. The highest BCUT2D eigenvalue weighted by Gasteiger charge is 2.54. The average molecular weight is 1050 g/mol. The minimum absolute atomic E-state index is 0.292. The Bertz CT molecular complexity index is 4630. The molecule has 4 heteroatoms. The lowest BCUT2D eigenvalue weighted by atomic mass is 9.70. The Kier molecular flexibility index (Phi) is 9.19. The summed E-state index contributed by atoms with van der Waals surface area (Å²) >= 11 is 0. The van der Waals surface area contributed by atoms with Gasteiger partial charge in [-0.1, -0.05) is 206 Å². The van der Waals surface area contributed by atoms with Gasteiger partial charge in [0.2, 0.25) is 0 Å². The molecule has 0 aliphatic heterocycles. The zero-order valence-corrected chi connectivity index (χ0v) is 44.2. The molecule has 0 atom stereocenters. The number of anilines is 6. The van der Waals surface area contributed by atoms with Crippen molar-refractivity contribution in [3.05, 3.63) is 335 Å². The molecule has 14 aromatic carbocycles. The Morgan fingerprint density at radius 1 is 0.232 bits per heavy atom. The van der Waals surface area contributed by atoms with E-state index < -0.39 is 10.8 Å². The highest BCUT2D eigenvalue weighted by atomic mass is 19.1. The summed E-state index contributed by atoms with van der Waals surface area (Å²) in [4.78, 5) is 4.72. The van der Waals surface area contributed by atoms with Crippen molar-refractivity contribution >= 4 is 66.4 Å². The fourth-order valence-corrected chi connectivity index (χ4v) is 15.8. The molecule has 82 heavy (non-hydrogen) atoms. The van der Waals surface area contributed by atoms with Gasteiger partial charge in [0.05, 0.1) is 33.6 Å². The molecule has 2 nitrogen and oxygen atoms in total. The summed E-state index contributed by atoms with van der Waals surface area (Å²) in [6, 6.07) is 98.9. The summed E-state index contributed by atoms with van der Waals surface area (Å²) in [5.41, 5.74) is 24.3. The van der Waals surface area contributed by atoms with Crippen molar-refractivity contribution in [3.8, 4) is 44.5 Å². The Hall–Kier alpha value is -10.4. The van der Waals surface area contributed by atoms with E-state index in [1.165, 1.54) is 77.9 Å². The highest BCUT2D eigenvalue weighted by molar-refractivity contribution is 6.28. The Balaban J connectivity index is 0.884. The van der Waals surface area contributed by atoms with Crippen molar-refractivity contribution in [1.82, 2.24) is 0 Å². The first kappa shape index (κ1) is 45.4. The largest absolute Gasteiger partial charge is 0.309 e. The second-order valence-corrected chi connectivity index (χ2v) is 22.4. The molecule has 0 aromatic heterocycles. The number of hydrogen-bond acceptors (Lipinski definition) is 2. The van der Waals surface area contributed by atoms with E-state index in [2.05, 4.69) is 240 Å².